The van der Waals surface area contributed by atoms with Crippen LogP contribution in [0.15, 0.2) is 36.4 Å². The highest BCUT2D eigenvalue weighted by Crippen LogP contribution is 2.34. The minimum atomic E-state index is -0.304. The quantitative estimate of drug-likeness (QED) is 0.910. The summed E-state index contributed by atoms with van der Waals surface area (Å²) in [5.74, 6) is 1.26. The fourth-order valence-corrected chi connectivity index (χ4v) is 2.75. The first kappa shape index (κ1) is 15.2. The van der Waals surface area contributed by atoms with Crippen LogP contribution in [0.4, 0.5) is 5.69 Å². The van der Waals surface area contributed by atoms with Crippen LogP contribution >= 0.6 is 0 Å². The fourth-order valence-electron chi connectivity index (χ4n) is 2.75. The average Bonchev–Trinajstić information content (AvgIpc) is 2.56. The van der Waals surface area contributed by atoms with Crippen LogP contribution < -0.4 is 20.1 Å². The molecule has 5 heteroatoms. The van der Waals surface area contributed by atoms with Crippen molar-refractivity contribution in [1.29, 1.82) is 0 Å². The summed E-state index contributed by atoms with van der Waals surface area (Å²) in [6, 6.07) is 11.4. The van der Waals surface area contributed by atoms with E-state index in [0.29, 0.717) is 23.7 Å². The largest absolute Gasteiger partial charge is 0.493 e. The first-order valence-electron chi connectivity index (χ1n) is 7.61. The van der Waals surface area contributed by atoms with Crippen molar-refractivity contribution in [3.05, 3.63) is 53.1 Å². The maximum atomic E-state index is 12.3. The lowest BCUT2D eigenvalue weighted by atomic mass is 10.0. The predicted octanol–water partition coefficient (Wildman–Crippen LogP) is 3.26. The van der Waals surface area contributed by atoms with Gasteiger partial charge in [-0.1, -0.05) is 18.2 Å². The van der Waals surface area contributed by atoms with Crippen LogP contribution in [-0.4, -0.2) is 19.6 Å². The molecule has 1 amide bonds. The third-order valence-electron chi connectivity index (χ3n) is 3.90. The van der Waals surface area contributed by atoms with E-state index in [4.69, 9.17) is 9.47 Å². The van der Waals surface area contributed by atoms with Gasteiger partial charge in [0, 0.05) is 0 Å². The van der Waals surface area contributed by atoms with Gasteiger partial charge in [-0.15, -0.1) is 0 Å². The fraction of sp³-hybridized carbons (Fsp3) is 0.278. The number of anilines is 1. The number of hydrogen-bond acceptors (Lipinski definition) is 4. The summed E-state index contributed by atoms with van der Waals surface area (Å²) in [5.41, 5.74) is 3.49. The van der Waals surface area contributed by atoms with Gasteiger partial charge in [-0.05, 0) is 43.2 Å². The molecule has 0 unspecified atom stereocenters. The number of carbonyl (C=O) groups excluding carboxylic acids is 1. The van der Waals surface area contributed by atoms with E-state index in [2.05, 4.69) is 10.6 Å². The number of rotatable bonds is 4. The van der Waals surface area contributed by atoms with Gasteiger partial charge in [0.2, 0.25) is 0 Å². The lowest BCUT2D eigenvalue weighted by Gasteiger charge is -2.29. The predicted molar refractivity (Wildman–Crippen MR) is 89.2 cm³/mol. The minimum absolute atomic E-state index is 0.0822. The second-order valence-electron chi connectivity index (χ2n) is 5.39. The molecule has 1 aliphatic heterocycles. The van der Waals surface area contributed by atoms with Crippen molar-refractivity contribution in [3.63, 3.8) is 0 Å². The van der Waals surface area contributed by atoms with E-state index in [-0.39, 0.29) is 12.1 Å². The summed E-state index contributed by atoms with van der Waals surface area (Å²) < 4.78 is 10.9. The molecule has 0 spiro atoms. The SMILES string of the molecule is CCOc1cc([C@@H]2NC(=O)c3cccc(C)c3N2)ccc1OC. The maximum absolute atomic E-state index is 12.3. The molecule has 1 aliphatic rings. The Labute approximate surface area is 135 Å². The van der Waals surface area contributed by atoms with Gasteiger partial charge < -0.3 is 20.1 Å². The van der Waals surface area contributed by atoms with Crippen LogP contribution in [0.5, 0.6) is 11.5 Å². The van der Waals surface area contributed by atoms with Crippen molar-refractivity contribution in [1.82, 2.24) is 5.32 Å². The molecule has 1 heterocycles. The molecule has 2 aromatic rings. The highest BCUT2D eigenvalue weighted by molar-refractivity contribution is 6.02. The number of benzene rings is 2. The Kier molecular flexibility index (Phi) is 4.10. The highest BCUT2D eigenvalue weighted by Gasteiger charge is 2.26. The lowest BCUT2D eigenvalue weighted by molar-refractivity contribution is 0.0935. The van der Waals surface area contributed by atoms with Crippen LogP contribution in [0.3, 0.4) is 0 Å². The van der Waals surface area contributed by atoms with Crippen LogP contribution in [0, 0.1) is 6.92 Å². The molecule has 2 N–H and O–H groups in total. The van der Waals surface area contributed by atoms with Gasteiger partial charge in [0.25, 0.3) is 5.91 Å². The van der Waals surface area contributed by atoms with Crippen molar-refractivity contribution < 1.29 is 14.3 Å². The molecule has 2 aromatic carbocycles. The number of amides is 1. The van der Waals surface area contributed by atoms with Crippen LogP contribution in [0.1, 0.15) is 34.6 Å². The zero-order valence-electron chi connectivity index (χ0n) is 13.5. The first-order chi connectivity index (χ1) is 11.1. The molecule has 0 saturated heterocycles. The number of fused-ring (bicyclic) bond motifs is 1. The van der Waals surface area contributed by atoms with Crippen LogP contribution in [0.25, 0.3) is 0 Å². The highest BCUT2D eigenvalue weighted by atomic mass is 16.5. The van der Waals surface area contributed by atoms with Crippen molar-refractivity contribution in [2.45, 2.75) is 20.0 Å². The molecule has 0 bridgehead atoms. The Hall–Kier alpha value is -2.69. The van der Waals surface area contributed by atoms with Crippen molar-refractivity contribution in [2.75, 3.05) is 19.0 Å². The molecule has 23 heavy (non-hydrogen) atoms. The summed E-state index contributed by atoms with van der Waals surface area (Å²) in [7, 11) is 1.61. The van der Waals surface area contributed by atoms with E-state index in [9.17, 15) is 4.79 Å². The van der Waals surface area contributed by atoms with Crippen molar-refractivity contribution >= 4 is 11.6 Å². The summed E-state index contributed by atoms with van der Waals surface area (Å²) in [6.07, 6.45) is -0.304. The van der Waals surface area contributed by atoms with E-state index < -0.39 is 0 Å². The van der Waals surface area contributed by atoms with Crippen LogP contribution in [-0.2, 0) is 0 Å². The van der Waals surface area contributed by atoms with E-state index >= 15 is 0 Å². The minimum Gasteiger partial charge on any atom is -0.493 e. The summed E-state index contributed by atoms with van der Waals surface area (Å²) in [4.78, 5) is 12.3. The van der Waals surface area contributed by atoms with Gasteiger partial charge in [0.1, 0.15) is 6.17 Å². The number of para-hydroxylation sites is 1. The van der Waals surface area contributed by atoms with Crippen molar-refractivity contribution in [2.24, 2.45) is 0 Å². The monoisotopic (exact) mass is 312 g/mol. The van der Waals surface area contributed by atoms with Crippen LogP contribution in [0.2, 0.25) is 0 Å². The molecule has 3 rings (SSSR count). The second kappa shape index (κ2) is 6.20. The zero-order valence-corrected chi connectivity index (χ0v) is 13.5. The Bertz CT molecular complexity index is 743. The number of nitrogens with one attached hydrogen (secondary N) is 2. The Morgan fingerprint density at radius 2 is 1.96 bits per heavy atom. The van der Waals surface area contributed by atoms with E-state index in [1.807, 2.05) is 50.2 Å². The van der Waals surface area contributed by atoms with Crippen molar-refractivity contribution in [3.8, 4) is 11.5 Å². The third-order valence-corrected chi connectivity index (χ3v) is 3.90. The molecule has 1 atom stereocenters. The third kappa shape index (κ3) is 2.82. The molecule has 120 valence electrons. The molecular weight excluding hydrogens is 292 g/mol. The second-order valence-corrected chi connectivity index (χ2v) is 5.39. The molecule has 0 saturated carbocycles. The van der Waals surface area contributed by atoms with Gasteiger partial charge >= 0.3 is 0 Å². The number of methoxy groups -OCH3 is 1. The van der Waals surface area contributed by atoms with E-state index in [1.54, 1.807) is 7.11 Å². The first-order valence-corrected chi connectivity index (χ1v) is 7.61. The smallest absolute Gasteiger partial charge is 0.255 e. The van der Waals surface area contributed by atoms with Gasteiger partial charge in [-0.3, -0.25) is 4.79 Å². The zero-order chi connectivity index (χ0) is 16.4. The normalized spacial score (nSPS) is 16.1. The number of aryl methyl sites for hydroxylation is 1. The number of hydrogen-bond donors (Lipinski definition) is 2. The maximum Gasteiger partial charge on any atom is 0.255 e. The van der Waals surface area contributed by atoms with E-state index in [0.717, 1.165) is 16.8 Å². The molecule has 0 aromatic heterocycles. The average molecular weight is 312 g/mol. The number of carbonyl (C=O) groups is 1. The van der Waals surface area contributed by atoms with Gasteiger partial charge in [-0.25, -0.2) is 0 Å². The number of ether oxygens (including phenoxy) is 2. The topological polar surface area (TPSA) is 59.6 Å². The lowest BCUT2D eigenvalue weighted by Crippen LogP contribution is -2.38. The molecule has 0 fully saturated rings. The van der Waals surface area contributed by atoms with E-state index in [1.165, 1.54) is 0 Å². The summed E-state index contributed by atoms with van der Waals surface area (Å²) >= 11 is 0. The molecule has 5 nitrogen and oxygen atoms in total. The standard InChI is InChI=1S/C18H20N2O3/c1-4-23-15-10-12(8-9-14(15)22-3)17-19-16-11(2)6-5-7-13(16)18(21)20-17/h5-10,17,19H,4H2,1-3H3,(H,20,21)/t17-/m0/s1. The molecular formula is C18H20N2O3. The Morgan fingerprint density at radius 3 is 2.70 bits per heavy atom. The van der Waals surface area contributed by atoms with Gasteiger partial charge in [0.05, 0.1) is 25.0 Å². The van der Waals surface area contributed by atoms with Gasteiger partial charge in [-0.2, -0.15) is 0 Å². The Balaban J connectivity index is 1.96. The molecule has 0 aliphatic carbocycles. The Morgan fingerprint density at radius 1 is 1.13 bits per heavy atom. The summed E-state index contributed by atoms with van der Waals surface area (Å²) in [6.45, 7) is 4.46. The summed E-state index contributed by atoms with van der Waals surface area (Å²) in [5, 5.41) is 6.37. The molecule has 0 radical (unpaired) electrons. The van der Waals surface area contributed by atoms with Gasteiger partial charge in [0.15, 0.2) is 11.5 Å².